The standard InChI is InChI=1S/C28H8F6N4O8/c29-27(30,31)17-13-14(24(44)37(23(13)43)35-19(39)9-5-1-2-6-10(9)20(35)40)18(28(32,33)34)16-15(17)25(45)38(26(16)46)36-21(41)11-7-3-4-8-12(11)22(36)42/h1-8H. The van der Waals surface area contributed by atoms with Gasteiger partial charge in [-0.2, -0.15) is 45.7 Å². The summed E-state index contributed by atoms with van der Waals surface area (Å²) >= 11 is 0. The summed E-state index contributed by atoms with van der Waals surface area (Å²) in [5, 5.41) is -8.79. The van der Waals surface area contributed by atoms with E-state index in [4.69, 9.17) is 0 Å². The average molecular weight is 642 g/mol. The second kappa shape index (κ2) is 8.71. The summed E-state index contributed by atoms with van der Waals surface area (Å²) in [7, 11) is 0. The Bertz CT molecular complexity index is 2210. The van der Waals surface area contributed by atoms with Crippen LogP contribution in [0.5, 0.6) is 0 Å². The Kier molecular flexibility index (Phi) is 5.41. The van der Waals surface area contributed by atoms with Crippen molar-refractivity contribution in [2.45, 2.75) is 12.4 Å². The number of carbonyl (C=O) groups excluding carboxylic acids is 4. The number of rotatable bonds is 2. The number of aromatic nitrogens is 2. The predicted octanol–water partition coefficient (Wildman–Crippen LogP) is 1.81. The van der Waals surface area contributed by atoms with Crippen molar-refractivity contribution in [3.63, 3.8) is 0 Å². The van der Waals surface area contributed by atoms with Gasteiger partial charge in [0.05, 0.1) is 54.9 Å². The monoisotopic (exact) mass is 642 g/mol. The molecule has 0 spiro atoms. The molecule has 46 heavy (non-hydrogen) atoms. The van der Waals surface area contributed by atoms with Crippen LogP contribution in [-0.2, 0) is 12.4 Å². The molecule has 0 fully saturated rings. The number of hydrogen-bond donors (Lipinski definition) is 0. The Morgan fingerprint density at radius 1 is 0.391 bits per heavy atom. The van der Waals surface area contributed by atoms with Crippen LogP contribution in [0.15, 0.2) is 67.7 Å². The first-order chi connectivity index (χ1) is 21.5. The molecule has 0 N–H and O–H groups in total. The van der Waals surface area contributed by atoms with Crippen molar-refractivity contribution < 1.29 is 45.5 Å². The number of benzene rings is 3. The van der Waals surface area contributed by atoms with E-state index in [0.717, 1.165) is 24.3 Å². The molecule has 2 aliphatic heterocycles. The molecular weight excluding hydrogens is 634 g/mol. The van der Waals surface area contributed by atoms with Gasteiger partial charge in [0.15, 0.2) is 0 Å². The molecule has 18 heteroatoms. The molecular formula is C28H8F6N4O8. The number of nitrogens with zero attached hydrogens (tertiary/aromatic N) is 4. The first-order valence-electron chi connectivity index (χ1n) is 12.6. The van der Waals surface area contributed by atoms with Crippen molar-refractivity contribution >= 4 is 45.2 Å². The third kappa shape index (κ3) is 3.34. The van der Waals surface area contributed by atoms with Gasteiger partial charge in [-0.15, -0.1) is 0 Å². The van der Waals surface area contributed by atoms with Crippen molar-refractivity contribution in [1.82, 2.24) is 9.35 Å². The van der Waals surface area contributed by atoms with Gasteiger partial charge in [-0.1, -0.05) is 24.3 Å². The van der Waals surface area contributed by atoms with Crippen LogP contribution in [0.3, 0.4) is 0 Å². The number of imide groups is 2. The van der Waals surface area contributed by atoms with E-state index in [1.807, 2.05) is 0 Å². The Hall–Kier alpha value is -6.20. The van der Waals surface area contributed by atoms with Crippen molar-refractivity contribution in [3.8, 4) is 0 Å². The summed E-state index contributed by atoms with van der Waals surface area (Å²) in [6, 6.07) is 9.21. The molecule has 2 aliphatic rings. The maximum absolute atomic E-state index is 14.7. The lowest BCUT2D eigenvalue weighted by molar-refractivity contribution is -0.137. The van der Waals surface area contributed by atoms with Crippen LogP contribution >= 0.6 is 0 Å². The van der Waals surface area contributed by atoms with Crippen LogP contribution in [0.25, 0.3) is 21.5 Å². The van der Waals surface area contributed by atoms with Gasteiger partial charge < -0.3 is 0 Å². The number of carbonyl (C=O) groups is 4. The number of halogens is 6. The van der Waals surface area contributed by atoms with Gasteiger partial charge >= 0.3 is 12.4 Å². The fourth-order valence-corrected chi connectivity index (χ4v) is 5.86. The van der Waals surface area contributed by atoms with E-state index in [1.165, 1.54) is 24.3 Å². The third-order valence-electron chi connectivity index (χ3n) is 7.64. The molecule has 2 aromatic heterocycles. The Balaban J connectivity index is 1.65. The first kappa shape index (κ1) is 28.6. The molecule has 230 valence electrons. The lowest BCUT2D eigenvalue weighted by Gasteiger charge is -2.13. The Morgan fingerprint density at radius 3 is 0.804 bits per heavy atom. The molecule has 0 radical (unpaired) electrons. The maximum atomic E-state index is 14.7. The molecule has 0 unspecified atom stereocenters. The molecule has 5 aromatic rings. The highest BCUT2D eigenvalue weighted by Crippen LogP contribution is 2.44. The summed E-state index contributed by atoms with van der Waals surface area (Å²) in [6.45, 7) is 0. The summed E-state index contributed by atoms with van der Waals surface area (Å²) in [5.74, 6) is -5.75. The molecule has 7 rings (SSSR count). The van der Waals surface area contributed by atoms with Gasteiger partial charge in [0.2, 0.25) is 0 Å². The van der Waals surface area contributed by atoms with Gasteiger partial charge in [0, 0.05) is 0 Å². The van der Waals surface area contributed by atoms with Crippen molar-refractivity contribution in [3.05, 3.63) is 123 Å². The van der Waals surface area contributed by atoms with Crippen LogP contribution in [0.2, 0.25) is 0 Å². The van der Waals surface area contributed by atoms with Gasteiger partial charge in [0.1, 0.15) is 0 Å². The number of hydrogen-bond acceptors (Lipinski definition) is 8. The van der Waals surface area contributed by atoms with Gasteiger partial charge in [0.25, 0.3) is 45.9 Å². The molecule has 3 aromatic carbocycles. The maximum Gasteiger partial charge on any atom is 0.418 e. The predicted molar refractivity (Wildman–Crippen MR) is 142 cm³/mol. The summed E-state index contributed by atoms with van der Waals surface area (Å²) < 4.78 is 87.4. The minimum absolute atomic E-state index is 0.241. The van der Waals surface area contributed by atoms with E-state index in [0.29, 0.717) is 0 Å². The number of fused-ring (bicyclic) bond motifs is 4. The zero-order valence-corrected chi connectivity index (χ0v) is 21.9. The average Bonchev–Trinajstić information content (AvgIpc) is 3.58. The second-order valence-electron chi connectivity index (χ2n) is 10.0. The summed E-state index contributed by atoms with van der Waals surface area (Å²) in [6.07, 6.45) is -11.9. The van der Waals surface area contributed by atoms with Crippen LogP contribution in [-0.4, -0.2) is 33.0 Å². The van der Waals surface area contributed by atoms with Gasteiger partial charge in [-0.3, -0.25) is 38.4 Å². The highest BCUT2D eigenvalue weighted by molar-refractivity contribution is 6.31. The van der Waals surface area contributed by atoms with E-state index in [2.05, 4.69) is 0 Å². The van der Waals surface area contributed by atoms with Crippen LogP contribution in [0, 0.1) is 0 Å². The number of alkyl halides is 6. The molecule has 0 atom stereocenters. The molecule has 0 saturated heterocycles. The largest absolute Gasteiger partial charge is 0.418 e. The molecule has 0 saturated carbocycles. The summed E-state index contributed by atoms with van der Waals surface area (Å²) in [4.78, 5) is 106. The molecule has 4 amide bonds. The topological polar surface area (TPSA) is 153 Å². The number of amides is 4. The minimum Gasteiger partial charge on any atom is -0.267 e. The van der Waals surface area contributed by atoms with E-state index in [9.17, 15) is 64.7 Å². The van der Waals surface area contributed by atoms with Crippen molar-refractivity contribution in [2.75, 3.05) is 10.0 Å². The van der Waals surface area contributed by atoms with Crippen LogP contribution in [0.1, 0.15) is 52.6 Å². The molecule has 4 heterocycles. The quantitative estimate of drug-likeness (QED) is 0.209. The summed E-state index contributed by atoms with van der Waals surface area (Å²) in [5.41, 5.74) is -15.7. The lowest BCUT2D eigenvalue weighted by atomic mass is 9.96. The van der Waals surface area contributed by atoms with Crippen molar-refractivity contribution in [1.29, 1.82) is 0 Å². The zero-order chi connectivity index (χ0) is 33.4. The lowest BCUT2D eigenvalue weighted by Crippen LogP contribution is -2.50. The smallest absolute Gasteiger partial charge is 0.267 e. The van der Waals surface area contributed by atoms with Crippen LogP contribution < -0.4 is 32.3 Å². The highest BCUT2D eigenvalue weighted by Gasteiger charge is 2.50. The Morgan fingerprint density at radius 2 is 0.609 bits per heavy atom. The van der Waals surface area contributed by atoms with E-state index in [1.54, 1.807) is 0 Å². The molecule has 12 nitrogen and oxygen atoms in total. The van der Waals surface area contributed by atoms with E-state index in [-0.39, 0.29) is 10.0 Å². The highest BCUT2D eigenvalue weighted by atomic mass is 19.4. The second-order valence-corrected chi connectivity index (χ2v) is 10.0. The van der Waals surface area contributed by atoms with Crippen molar-refractivity contribution in [2.24, 2.45) is 0 Å². The third-order valence-corrected chi connectivity index (χ3v) is 7.64. The first-order valence-corrected chi connectivity index (χ1v) is 12.6. The van der Waals surface area contributed by atoms with Crippen LogP contribution in [0.4, 0.5) is 26.3 Å². The van der Waals surface area contributed by atoms with E-state index >= 15 is 0 Å². The molecule has 0 aliphatic carbocycles. The fraction of sp³-hybridized carbons (Fsp3) is 0.0714. The van der Waals surface area contributed by atoms with Gasteiger partial charge in [-0.25, -0.2) is 0 Å². The van der Waals surface area contributed by atoms with Gasteiger partial charge in [-0.05, 0) is 24.3 Å². The fourth-order valence-electron chi connectivity index (χ4n) is 5.86. The van der Waals surface area contributed by atoms with E-state index < -0.39 is 122 Å². The SMILES string of the molecule is O=C1c2ccccc2C(=O)N1n1c(=O)c2c(C(F)(F)F)c3c(=O)n(N4C(=O)c5ccccc5C4=O)c(=O)c3c(C(F)(F)F)c2c1=O. The minimum atomic E-state index is -5.94. The normalized spacial score (nSPS) is 15.2. The zero-order valence-electron chi connectivity index (χ0n) is 21.9. The molecule has 0 bridgehead atoms. The Labute approximate surface area is 246 Å².